The van der Waals surface area contributed by atoms with E-state index in [2.05, 4.69) is 43.5 Å². The summed E-state index contributed by atoms with van der Waals surface area (Å²) in [7, 11) is 3.91. The fraction of sp³-hybridized carbons (Fsp3) is 0.423. The van der Waals surface area contributed by atoms with E-state index < -0.39 is 11.6 Å². The summed E-state index contributed by atoms with van der Waals surface area (Å²) in [6.07, 6.45) is 5.98. The van der Waals surface area contributed by atoms with Crippen molar-refractivity contribution in [2.75, 3.05) is 55.9 Å². The molecule has 4 fully saturated rings. The van der Waals surface area contributed by atoms with E-state index >= 15 is 0 Å². The highest BCUT2D eigenvalue weighted by molar-refractivity contribution is 6.04. The minimum Gasteiger partial charge on any atom is -0.373 e. The smallest absolute Gasteiger partial charge is 0.263 e. The SMILES string of the molecule is CNc1ncc(-c2nc3ccc(N4CC5CN(C)CC4CO5)cn3n2)c2cc(NC(=O)C3(F)CC3)ncc12. The Hall–Kier alpha value is -3.90. The van der Waals surface area contributed by atoms with Crippen LogP contribution in [-0.4, -0.2) is 93.5 Å². The zero-order valence-electron chi connectivity index (χ0n) is 21.2. The van der Waals surface area contributed by atoms with Crippen LogP contribution in [0.3, 0.4) is 0 Å². The number of halogens is 1. The third kappa shape index (κ3) is 3.91. The minimum atomic E-state index is -1.79. The second-order valence-corrected chi connectivity index (χ2v) is 10.4. The molecule has 7 heterocycles. The van der Waals surface area contributed by atoms with Gasteiger partial charge in [0.1, 0.15) is 11.6 Å². The molecule has 196 valence electrons. The number of likely N-dealkylation sites (N-methyl/N-ethyl adjacent to an activating group) is 1. The highest BCUT2D eigenvalue weighted by atomic mass is 19.1. The molecule has 4 aromatic heterocycles. The predicted molar refractivity (Wildman–Crippen MR) is 141 cm³/mol. The van der Waals surface area contributed by atoms with Gasteiger partial charge in [-0.25, -0.2) is 23.9 Å². The second-order valence-electron chi connectivity index (χ2n) is 10.4. The number of aromatic nitrogens is 5. The zero-order valence-corrected chi connectivity index (χ0v) is 21.2. The minimum absolute atomic E-state index is 0.180. The maximum atomic E-state index is 14.2. The first-order valence-electron chi connectivity index (χ1n) is 12.8. The van der Waals surface area contributed by atoms with Crippen LogP contribution in [0.1, 0.15) is 12.8 Å². The van der Waals surface area contributed by atoms with E-state index in [1.54, 1.807) is 30.0 Å². The Bertz CT molecular complexity index is 1570. The summed E-state index contributed by atoms with van der Waals surface area (Å²) in [6.45, 7) is 3.42. The Morgan fingerprint density at radius 1 is 1.16 bits per heavy atom. The Labute approximate surface area is 218 Å². The summed E-state index contributed by atoms with van der Waals surface area (Å²) in [5.74, 6) is 0.740. The standard InChI is InChI=1S/C26H28FN9O2/c1-28-23-19-8-29-21(31-25(37)26(27)5-6-26)7-18(19)20(9-30-23)24-32-22-4-3-15(11-36(22)33-24)35-13-17-12-34(2)10-16(35)14-38-17/h3-4,7-9,11,16-17H,5-6,10,12-14H2,1-2H3,(H,28,30)(H,29,31,37). The largest absolute Gasteiger partial charge is 0.373 e. The topological polar surface area (TPSA) is 113 Å². The predicted octanol–water partition coefficient (Wildman–Crippen LogP) is 2.34. The van der Waals surface area contributed by atoms with Gasteiger partial charge in [0, 0.05) is 55.4 Å². The quantitative estimate of drug-likeness (QED) is 0.412. The second kappa shape index (κ2) is 8.57. The van der Waals surface area contributed by atoms with Crippen LogP contribution in [0.25, 0.3) is 27.8 Å². The van der Waals surface area contributed by atoms with Crippen LogP contribution < -0.4 is 15.5 Å². The van der Waals surface area contributed by atoms with Crippen LogP contribution >= 0.6 is 0 Å². The van der Waals surface area contributed by atoms with Gasteiger partial charge in [-0.1, -0.05) is 0 Å². The van der Waals surface area contributed by atoms with E-state index in [0.29, 0.717) is 29.5 Å². The van der Waals surface area contributed by atoms with Gasteiger partial charge in [-0.05, 0) is 38.1 Å². The van der Waals surface area contributed by atoms with Gasteiger partial charge >= 0.3 is 0 Å². The molecule has 12 heteroatoms. The van der Waals surface area contributed by atoms with Crippen molar-refractivity contribution in [2.24, 2.45) is 0 Å². The Kier molecular flexibility index (Phi) is 5.24. The first-order valence-corrected chi connectivity index (χ1v) is 12.8. The zero-order chi connectivity index (χ0) is 26.0. The molecule has 2 unspecified atom stereocenters. The molecular formula is C26H28FN9O2. The summed E-state index contributed by atoms with van der Waals surface area (Å²) in [6, 6.07) is 6.05. The molecule has 1 saturated carbocycles. The van der Waals surface area contributed by atoms with Crippen LogP contribution in [0.2, 0.25) is 0 Å². The number of carbonyl (C=O) groups excluding carboxylic acids is 1. The van der Waals surface area contributed by atoms with E-state index in [9.17, 15) is 9.18 Å². The van der Waals surface area contributed by atoms with Crippen molar-refractivity contribution < 1.29 is 13.9 Å². The van der Waals surface area contributed by atoms with Gasteiger partial charge in [0.15, 0.2) is 17.1 Å². The number of carbonyl (C=O) groups is 1. The molecule has 2 bridgehead atoms. The number of hydrogen-bond acceptors (Lipinski definition) is 9. The lowest BCUT2D eigenvalue weighted by molar-refractivity contribution is -0.122. The van der Waals surface area contributed by atoms with Crippen molar-refractivity contribution in [1.82, 2.24) is 29.5 Å². The summed E-state index contributed by atoms with van der Waals surface area (Å²) in [4.78, 5) is 30.6. The van der Waals surface area contributed by atoms with Crippen LogP contribution in [0.15, 0.2) is 36.8 Å². The molecule has 0 radical (unpaired) electrons. The van der Waals surface area contributed by atoms with Gasteiger partial charge in [-0.3, -0.25) is 4.79 Å². The fourth-order valence-electron chi connectivity index (χ4n) is 5.42. The van der Waals surface area contributed by atoms with E-state index in [0.717, 1.165) is 36.1 Å². The van der Waals surface area contributed by atoms with Crippen molar-refractivity contribution in [3.8, 4) is 11.4 Å². The number of nitrogens with one attached hydrogen (secondary N) is 2. The summed E-state index contributed by atoms with van der Waals surface area (Å²) in [5.41, 5.74) is 0.680. The number of anilines is 3. The molecule has 1 aliphatic carbocycles. The molecule has 0 aromatic carbocycles. The Morgan fingerprint density at radius 2 is 2.03 bits per heavy atom. The lowest BCUT2D eigenvalue weighted by Gasteiger charge is -2.37. The maximum absolute atomic E-state index is 14.2. The number of pyridine rings is 3. The van der Waals surface area contributed by atoms with E-state index in [-0.39, 0.29) is 30.8 Å². The monoisotopic (exact) mass is 517 g/mol. The van der Waals surface area contributed by atoms with Gasteiger partial charge < -0.3 is 25.2 Å². The van der Waals surface area contributed by atoms with Crippen LogP contribution in [0, 0.1) is 0 Å². The molecular weight excluding hydrogens is 489 g/mol. The summed E-state index contributed by atoms with van der Waals surface area (Å²) >= 11 is 0. The first kappa shape index (κ1) is 23.2. The number of ether oxygens (including phenoxy) is 1. The van der Waals surface area contributed by atoms with Gasteiger partial charge in [0.25, 0.3) is 5.91 Å². The maximum Gasteiger partial charge on any atom is 0.263 e. The molecule has 38 heavy (non-hydrogen) atoms. The van der Waals surface area contributed by atoms with Crippen molar-refractivity contribution >= 4 is 39.6 Å². The first-order chi connectivity index (χ1) is 18.4. The average Bonchev–Trinajstić information content (AvgIpc) is 3.62. The highest BCUT2D eigenvalue weighted by Crippen LogP contribution is 2.41. The van der Waals surface area contributed by atoms with E-state index in [1.807, 2.05) is 12.3 Å². The number of rotatable bonds is 5. The van der Waals surface area contributed by atoms with Crippen LogP contribution in [-0.2, 0) is 9.53 Å². The molecule has 4 aromatic rings. The average molecular weight is 518 g/mol. The third-order valence-corrected chi connectivity index (χ3v) is 7.64. The van der Waals surface area contributed by atoms with Crippen molar-refractivity contribution in [1.29, 1.82) is 0 Å². The van der Waals surface area contributed by atoms with Gasteiger partial charge in [0.2, 0.25) is 0 Å². The molecule has 1 amide bonds. The molecule has 2 atom stereocenters. The number of fused-ring (bicyclic) bond motifs is 6. The summed E-state index contributed by atoms with van der Waals surface area (Å²) < 4.78 is 22.0. The van der Waals surface area contributed by atoms with Crippen LogP contribution in [0.4, 0.5) is 21.7 Å². The Morgan fingerprint density at radius 3 is 2.84 bits per heavy atom. The van der Waals surface area contributed by atoms with Crippen molar-refractivity contribution in [3.63, 3.8) is 0 Å². The van der Waals surface area contributed by atoms with Crippen molar-refractivity contribution in [2.45, 2.75) is 30.7 Å². The molecule has 8 rings (SSSR count). The number of hydrogen-bond donors (Lipinski definition) is 2. The Balaban J connectivity index is 1.26. The van der Waals surface area contributed by atoms with Gasteiger partial charge in [-0.2, -0.15) is 0 Å². The summed E-state index contributed by atoms with van der Waals surface area (Å²) in [5, 5.41) is 12.0. The molecule has 11 nitrogen and oxygen atoms in total. The number of morpholine rings is 1. The third-order valence-electron chi connectivity index (χ3n) is 7.64. The molecule has 0 spiro atoms. The van der Waals surface area contributed by atoms with Gasteiger partial charge in [0.05, 0.1) is 30.6 Å². The number of amides is 1. The lowest BCUT2D eigenvalue weighted by atomic mass is 10.1. The number of nitrogens with zero attached hydrogens (tertiary/aromatic N) is 7. The van der Waals surface area contributed by atoms with E-state index in [1.165, 1.54) is 0 Å². The van der Waals surface area contributed by atoms with Crippen molar-refractivity contribution in [3.05, 3.63) is 36.8 Å². The van der Waals surface area contributed by atoms with Gasteiger partial charge in [-0.15, -0.1) is 5.10 Å². The highest BCUT2D eigenvalue weighted by Gasteiger charge is 2.51. The molecule has 2 N–H and O–H groups in total. The molecule has 3 aliphatic heterocycles. The van der Waals surface area contributed by atoms with E-state index in [4.69, 9.17) is 14.8 Å². The normalized spacial score (nSPS) is 22.6. The van der Waals surface area contributed by atoms with Crippen LogP contribution in [0.5, 0.6) is 0 Å². The molecule has 3 saturated heterocycles. The fourth-order valence-corrected chi connectivity index (χ4v) is 5.42. The lowest BCUT2D eigenvalue weighted by Crippen LogP contribution is -2.49. The number of alkyl halides is 1. The molecule has 4 aliphatic rings.